The molecule has 2 aromatic carbocycles. The van der Waals surface area contributed by atoms with Crippen LogP contribution in [0.5, 0.6) is 11.5 Å². The van der Waals surface area contributed by atoms with Gasteiger partial charge in [0.15, 0.2) is 5.76 Å². The third-order valence-electron chi connectivity index (χ3n) is 5.46. The summed E-state index contributed by atoms with van der Waals surface area (Å²) < 4.78 is 11.9. The number of hydrogen-bond acceptors (Lipinski definition) is 4. The molecule has 4 nitrogen and oxygen atoms in total. The standard InChI is InChI=1S/C23H24ClNO3/c1-3-27-19-9-8-17(15-10-12-25(2)13-11-15)23-21(19)22(26)20(28-23)14-16-6-4-5-7-18(16)24/h4-9,14-15H,3,10-13H2,1-2H3/b20-14-. The minimum Gasteiger partial charge on any atom is -0.493 e. The highest BCUT2D eigenvalue weighted by Gasteiger charge is 2.35. The van der Waals surface area contributed by atoms with E-state index in [1.807, 2.05) is 31.2 Å². The van der Waals surface area contributed by atoms with Crippen molar-refractivity contribution >= 4 is 23.5 Å². The molecule has 146 valence electrons. The predicted octanol–water partition coefficient (Wildman–Crippen LogP) is 5.16. The molecule has 0 aromatic heterocycles. The van der Waals surface area contributed by atoms with Crippen LogP contribution in [-0.2, 0) is 0 Å². The van der Waals surface area contributed by atoms with Crippen LogP contribution in [0.1, 0.15) is 47.2 Å². The number of Topliss-reactive ketones (excluding diaryl/α,β-unsaturated/α-hetero) is 1. The fraction of sp³-hybridized carbons (Fsp3) is 0.348. The van der Waals surface area contributed by atoms with Crippen molar-refractivity contribution in [2.45, 2.75) is 25.7 Å². The Morgan fingerprint density at radius 1 is 1.21 bits per heavy atom. The van der Waals surface area contributed by atoms with Gasteiger partial charge >= 0.3 is 0 Å². The van der Waals surface area contributed by atoms with Gasteiger partial charge in [0.2, 0.25) is 5.78 Å². The van der Waals surface area contributed by atoms with Crippen LogP contribution in [0.25, 0.3) is 6.08 Å². The number of nitrogens with zero attached hydrogens (tertiary/aromatic N) is 1. The molecule has 4 rings (SSSR count). The third-order valence-corrected chi connectivity index (χ3v) is 5.81. The highest BCUT2D eigenvalue weighted by atomic mass is 35.5. The van der Waals surface area contributed by atoms with Crippen molar-refractivity contribution in [3.63, 3.8) is 0 Å². The van der Waals surface area contributed by atoms with Crippen LogP contribution in [0.3, 0.4) is 0 Å². The van der Waals surface area contributed by atoms with Crippen molar-refractivity contribution in [2.75, 3.05) is 26.7 Å². The predicted molar refractivity (Wildman–Crippen MR) is 111 cm³/mol. The van der Waals surface area contributed by atoms with Gasteiger partial charge in [0, 0.05) is 5.02 Å². The maximum Gasteiger partial charge on any atom is 0.235 e. The van der Waals surface area contributed by atoms with E-state index >= 15 is 0 Å². The van der Waals surface area contributed by atoms with Gasteiger partial charge in [-0.25, -0.2) is 0 Å². The molecular weight excluding hydrogens is 374 g/mol. The smallest absolute Gasteiger partial charge is 0.235 e. The zero-order valence-corrected chi connectivity index (χ0v) is 17.0. The Labute approximate surface area is 170 Å². The first-order chi connectivity index (χ1) is 13.6. The van der Waals surface area contributed by atoms with Crippen molar-refractivity contribution in [3.8, 4) is 11.5 Å². The van der Waals surface area contributed by atoms with Crippen LogP contribution >= 0.6 is 11.6 Å². The molecule has 2 aromatic rings. The summed E-state index contributed by atoms with van der Waals surface area (Å²) in [6.45, 7) is 4.50. The molecule has 1 fully saturated rings. The number of benzene rings is 2. The molecule has 0 amide bonds. The molecule has 2 aliphatic heterocycles. The Balaban J connectivity index is 1.75. The van der Waals surface area contributed by atoms with Crippen molar-refractivity contribution < 1.29 is 14.3 Å². The largest absolute Gasteiger partial charge is 0.493 e. The lowest BCUT2D eigenvalue weighted by molar-refractivity contribution is 0.101. The zero-order chi connectivity index (χ0) is 19.7. The minimum atomic E-state index is -0.145. The van der Waals surface area contributed by atoms with Gasteiger partial charge in [0.1, 0.15) is 17.1 Å². The molecule has 0 unspecified atom stereocenters. The van der Waals surface area contributed by atoms with E-state index in [2.05, 4.69) is 18.0 Å². The first kappa shape index (κ1) is 19.0. The maximum absolute atomic E-state index is 13.2. The number of piperidine rings is 1. The highest BCUT2D eigenvalue weighted by Crippen LogP contribution is 2.45. The average molecular weight is 398 g/mol. The van der Waals surface area contributed by atoms with Crippen molar-refractivity contribution in [2.24, 2.45) is 0 Å². The van der Waals surface area contributed by atoms with Crippen LogP contribution in [0.15, 0.2) is 42.2 Å². The molecule has 1 saturated heterocycles. The van der Waals surface area contributed by atoms with Crippen molar-refractivity contribution in [1.29, 1.82) is 0 Å². The molecule has 0 saturated carbocycles. The average Bonchev–Trinajstić information content (AvgIpc) is 3.02. The molecule has 0 atom stereocenters. The van der Waals surface area contributed by atoms with Crippen LogP contribution in [0, 0.1) is 0 Å². The fourth-order valence-corrected chi connectivity index (χ4v) is 4.12. The number of likely N-dealkylation sites (tertiary alicyclic amines) is 1. The Kier molecular flexibility index (Phi) is 5.42. The second-order valence-corrected chi connectivity index (χ2v) is 7.74. The summed E-state index contributed by atoms with van der Waals surface area (Å²) in [4.78, 5) is 15.5. The van der Waals surface area contributed by atoms with E-state index in [-0.39, 0.29) is 5.78 Å². The van der Waals surface area contributed by atoms with E-state index < -0.39 is 0 Å². The Morgan fingerprint density at radius 2 is 1.96 bits per heavy atom. The van der Waals surface area contributed by atoms with Gasteiger partial charge in [-0.05, 0) is 75.2 Å². The van der Waals surface area contributed by atoms with Gasteiger partial charge in [0.25, 0.3) is 0 Å². The molecule has 0 N–H and O–H groups in total. The number of hydrogen-bond donors (Lipinski definition) is 0. The van der Waals surface area contributed by atoms with E-state index in [1.165, 1.54) is 0 Å². The summed E-state index contributed by atoms with van der Waals surface area (Å²) in [6.07, 6.45) is 3.83. The number of carbonyl (C=O) groups is 1. The first-order valence-electron chi connectivity index (χ1n) is 9.75. The van der Waals surface area contributed by atoms with E-state index in [9.17, 15) is 4.79 Å². The third kappa shape index (κ3) is 3.54. The number of ether oxygens (including phenoxy) is 2. The quantitative estimate of drug-likeness (QED) is 0.667. The highest BCUT2D eigenvalue weighted by molar-refractivity contribution is 6.32. The van der Waals surface area contributed by atoms with Gasteiger partial charge in [0.05, 0.1) is 6.61 Å². The lowest BCUT2D eigenvalue weighted by atomic mass is 9.87. The van der Waals surface area contributed by atoms with Crippen molar-refractivity contribution in [3.05, 3.63) is 63.9 Å². The summed E-state index contributed by atoms with van der Waals surface area (Å²) in [5.74, 6) is 1.77. The van der Waals surface area contributed by atoms with Gasteiger partial charge in [-0.1, -0.05) is 35.9 Å². The molecule has 0 bridgehead atoms. The van der Waals surface area contributed by atoms with Crippen LogP contribution in [0.4, 0.5) is 0 Å². The molecule has 0 aliphatic carbocycles. The zero-order valence-electron chi connectivity index (χ0n) is 16.2. The van der Waals surface area contributed by atoms with E-state index in [0.717, 1.165) is 37.1 Å². The summed E-state index contributed by atoms with van der Waals surface area (Å²) in [5, 5.41) is 0.586. The summed E-state index contributed by atoms with van der Waals surface area (Å²) in [7, 11) is 2.14. The van der Waals surface area contributed by atoms with E-state index in [1.54, 1.807) is 12.1 Å². The van der Waals surface area contributed by atoms with E-state index in [0.29, 0.717) is 40.4 Å². The molecule has 2 heterocycles. The fourth-order valence-electron chi connectivity index (χ4n) is 3.93. The second-order valence-electron chi connectivity index (χ2n) is 7.33. The molecule has 5 heteroatoms. The number of allylic oxidation sites excluding steroid dienone is 1. The van der Waals surface area contributed by atoms with Gasteiger partial charge in [-0.3, -0.25) is 4.79 Å². The number of ketones is 1. The minimum absolute atomic E-state index is 0.145. The monoisotopic (exact) mass is 397 g/mol. The van der Waals surface area contributed by atoms with Crippen LogP contribution < -0.4 is 9.47 Å². The summed E-state index contributed by atoms with van der Waals surface area (Å²) >= 11 is 6.27. The molecule has 0 spiro atoms. The normalized spacial score (nSPS) is 19.0. The van der Waals surface area contributed by atoms with Gasteiger partial charge < -0.3 is 14.4 Å². The van der Waals surface area contributed by atoms with E-state index in [4.69, 9.17) is 21.1 Å². The van der Waals surface area contributed by atoms with Crippen LogP contribution in [0.2, 0.25) is 5.02 Å². The molecule has 28 heavy (non-hydrogen) atoms. The lowest BCUT2D eigenvalue weighted by Crippen LogP contribution is -2.29. The topological polar surface area (TPSA) is 38.8 Å². The number of rotatable bonds is 4. The van der Waals surface area contributed by atoms with Gasteiger partial charge in [-0.15, -0.1) is 0 Å². The number of halogens is 1. The number of fused-ring (bicyclic) bond motifs is 1. The molecule has 2 aliphatic rings. The second kappa shape index (κ2) is 7.98. The van der Waals surface area contributed by atoms with Crippen molar-refractivity contribution in [1.82, 2.24) is 4.90 Å². The summed E-state index contributed by atoms with van der Waals surface area (Å²) in [6, 6.07) is 11.4. The molecule has 0 radical (unpaired) electrons. The summed E-state index contributed by atoms with van der Waals surface area (Å²) in [5.41, 5.74) is 2.40. The van der Waals surface area contributed by atoms with Gasteiger partial charge in [-0.2, -0.15) is 0 Å². The SMILES string of the molecule is CCOc1ccc(C2CCN(C)CC2)c2c1C(=O)/C(=C/c1ccccc1Cl)O2. The maximum atomic E-state index is 13.2. The lowest BCUT2D eigenvalue weighted by Gasteiger charge is -2.30. The molecular formula is C23H24ClNO3. The Hall–Kier alpha value is -2.30. The Bertz CT molecular complexity index is 929. The first-order valence-corrected chi connectivity index (χ1v) is 10.1. The number of carbonyl (C=O) groups excluding carboxylic acids is 1. The Morgan fingerprint density at radius 3 is 2.68 bits per heavy atom. The van der Waals surface area contributed by atoms with Crippen LogP contribution in [-0.4, -0.2) is 37.4 Å².